The van der Waals surface area contributed by atoms with Crippen LogP contribution in [-0.2, 0) is 14.2 Å². The van der Waals surface area contributed by atoms with Crippen LogP contribution in [0.5, 0.6) is 28.7 Å². The van der Waals surface area contributed by atoms with Crippen LogP contribution in [0, 0.1) is 0 Å². The number of methoxy groups -OCH3 is 2. The predicted molar refractivity (Wildman–Crippen MR) is 150 cm³/mol. The zero-order chi connectivity index (χ0) is 32.7. The fourth-order valence-electron chi connectivity index (χ4n) is 5.14. The molecule has 0 amide bonds. The van der Waals surface area contributed by atoms with Crippen LogP contribution >= 0.6 is 0 Å². The van der Waals surface area contributed by atoms with Crippen molar-refractivity contribution in [3.63, 3.8) is 0 Å². The van der Waals surface area contributed by atoms with Gasteiger partial charge in [-0.3, -0.25) is 4.79 Å². The molecule has 2 aliphatic heterocycles. The van der Waals surface area contributed by atoms with Crippen LogP contribution in [0.3, 0.4) is 0 Å². The number of phenolic OH excluding ortho intramolecular Hbond substituents is 2. The summed E-state index contributed by atoms with van der Waals surface area (Å²) in [5, 5.41) is 82.5. The third-order valence-corrected chi connectivity index (χ3v) is 7.73. The van der Waals surface area contributed by atoms with E-state index in [1.165, 1.54) is 45.4 Å². The molecular weight excluding hydrogens is 604 g/mol. The molecule has 10 atom stereocenters. The molecule has 0 radical (unpaired) electrons. The monoisotopic (exact) mass is 638 g/mol. The highest BCUT2D eigenvalue weighted by molar-refractivity contribution is 5.89. The molecular formula is C29H34O16. The van der Waals surface area contributed by atoms with Crippen LogP contribution in [0.1, 0.15) is 6.92 Å². The van der Waals surface area contributed by atoms with Gasteiger partial charge in [-0.1, -0.05) is 0 Å². The maximum Gasteiger partial charge on any atom is 0.229 e. The first-order valence-corrected chi connectivity index (χ1v) is 13.8. The quantitative estimate of drug-likeness (QED) is 0.146. The number of hydrogen-bond acceptors (Lipinski definition) is 16. The van der Waals surface area contributed by atoms with Crippen molar-refractivity contribution >= 4 is 11.0 Å². The van der Waals surface area contributed by atoms with Gasteiger partial charge in [0.15, 0.2) is 34.7 Å². The van der Waals surface area contributed by atoms with Crippen molar-refractivity contribution in [2.24, 2.45) is 0 Å². The van der Waals surface area contributed by atoms with Gasteiger partial charge in [-0.15, -0.1) is 0 Å². The summed E-state index contributed by atoms with van der Waals surface area (Å²) >= 11 is 0. The summed E-state index contributed by atoms with van der Waals surface area (Å²) in [6.45, 7) is 0.918. The standard InChI is InChI=1S/C29H34O16/c1-10-20(32)23(35)25(37)28(42-10)41-9-18-21(33)24(36)26(38)29(45-18)44-17-8-16-19(22(34)27(17)40-3)13(31)7-14(43-16)11-4-5-12(30)15(6-11)39-2/h4-8,10,18,20-21,23-26,28-30,32-38H,9H2,1-3H3. The van der Waals surface area contributed by atoms with E-state index in [0.717, 1.165) is 6.07 Å². The normalized spacial score (nSPS) is 31.9. The van der Waals surface area contributed by atoms with E-state index in [4.69, 9.17) is 32.8 Å². The summed E-state index contributed by atoms with van der Waals surface area (Å²) in [7, 11) is 2.53. The lowest BCUT2D eigenvalue weighted by atomic mass is 9.98. The van der Waals surface area contributed by atoms with Crippen molar-refractivity contribution < 1.29 is 73.7 Å². The van der Waals surface area contributed by atoms with Crippen molar-refractivity contribution in [2.45, 2.75) is 68.3 Å². The van der Waals surface area contributed by atoms with Crippen LogP contribution in [0.4, 0.5) is 0 Å². The summed E-state index contributed by atoms with van der Waals surface area (Å²) < 4.78 is 38.5. The summed E-state index contributed by atoms with van der Waals surface area (Å²) in [5.41, 5.74) is -0.456. The Morgan fingerprint density at radius 2 is 1.47 bits per heavy atom. The first kappa shape index (κ1) is 32.7. The van der Waals surface area contributed by atoms with Crippen molar-refractivity contribution in [2.75, 3.05) is 20.8 Å². The van der Waals surface area contributed by atoms with Gasteiger partial charge in [0.1, 0.15) is 59.5 Å². The molecule has 0 spiro atoms. The molecule has 0 saturated carbocycles. The molecule has 2 aliphatic rings. The van der Waals surface area contributed by atoms with Crippen LogP contribution in [0.15, 0.2) is 39.5 Å². The summed E-state index contributed by atoms with van der Waals surface area (Å²) in [5.74, 6) is -1.25. The molecule has 1 aromatic heterocycles. The number of ether oxygens (including phenoxy) is 6. The zero-order valence-electron chi connectivity index (χ0n) is 24.2. The number of aliphatic hydroxyl groups excluding tert-OH is 6. The molecule has 5 rings (SSSR count). The Morgan fingerprint density at radius 1 is 0.778 bits per heavy atom. The topological polar surface area (TPSA) is 247 Å². The van der Waals surface area contributed by atoms with Crippen LogP contribution in [0.2, 0.25) is 0 Å². The van der Waals surface area contributed by atoms with E-state index in [9.17, 15) is 45.6 Å². The lowest BCUT2D eigenvalue weighted by Crippen LogP contribution is -2.61. The average molecular weight is 639 g/mol. The molecule has 16 heteroatoms. The van der Waals surface area contributed by atoms with E-state index >= 15 is 0 Å². The zero-order valence-corrected chi connectivity index (χ0v) is 24.2. The molecule has 10 unspecified atom stereocenters. The molecule has 2 fully saturated rings. The molecule has 2 saturated heterocycles. The molecule has 45 heavy (non-hydrogen) atoms. The van der Waals surface area contributed by atoms with E-state index in [0.29, 0.717) is 5.56 Å². The smallest absolute Gasteiger partial charge is 0.229 e. The fourth-order valence-corrected chi connectivity index (χ4v) is 5.14. The average Bonchev–Trinajstić information content (AvgIpc) is 3.01. The van der Waals surface area contributed by atoms with Gasteiger partial charge in [0, 0.05) is 17.7 Å². The maximum absolute atomic E-state index is 13.0. The van der Waals surface area contributed by atoms with Gasteiger partial charge in [-0.05, 0) is 25.1 Å². The molecule has 16 nitrogen and oxygen atoms in total. The Bertz CT molecular complexity index is 1570. The van der Waals surface area contributed by atoms with Crippen molar-refractivity contribution in [3.8, 4) is 40.1 Å². The van der Waals surface area contributed by atoms with Gasteiger partial charge in [0.2, 0.25) is 12.0 Å². The Labute approximate surface area is 254 Å². The fraction of sp³-hybridized carbons (Fsp3) is 0.483. The number of phenols is 2. The highest BCUT2D eigenvalue weighted by atomic mass is 16.7. The van der Waals surface area contributed by atoms with E-state index < -0.39 is 79.2 Å². The van der Waals surface area contributed by atoms with Crippen LogP contribution in [0.25, 0.3) is 22.3 Å². The summed E-state index contributed by atoms with van der Waals surface area (Å²) in [4.78, 5) is 13.0. The molecule has 0 aliphatic carbocycles. The van der Waals surface area contributed by atoms with E-state index in [1.54, 1.807) is 0 Å². The van der Waals surface area contributed by atoms with Crippen LogP contribution < -0.4 is 19.6 Å². The number of benzene rings is 2. The van der Waals surface area contributed by atoms with E-state index in [2.05, 4.69) is 0 Å². The van der Waals surface area contributed by atoms with Gasteiger partial charge in [-0.25, -0.2) is 0 Å². The van der Waals surface area contributed by atoms with Gasteiger partial charge in [0.25, 0.3) is 0 Å². The second kappa shape index (κ2) is 13.0. The second-order valence-corrected chi connectivity index (χ2v) is 10.6. The molecule has 246 valence electrons. The Hall–Kier alpha value is -3.71. The van der Waals surface area contributed by atoms with Gasteiger partial charge < -0.3 is 73.7 Å². The van der Waals surface area contributed by atoms with Crippen molar-refractivity contribution in [1.29, 1.82) is 0 Å². The van der Waals surface area contributed by atoms with Gasteiger partial charge >= 0.3 is 0 Å². The summed E-state index contributed by atoms with van der Waals surface area (Å²) in [6.07, 6.45) is -15.4. The maximum atomic E-state index is 13.0. The van der Waals surface area contributed by atoms with Crippen molar-refractivity contribution in [1.82, 2.24) is 0 Å². The predicted octanol–water partition coefficient (Wildman–Crippen LogP) is -1.08. The largest absolute Gasteiger partial charge is 0.504 e. The number of aromatic hydroxyl groups is 2. The van der Waals surface area contributed by atoms with E-state index in [1.807, 2.05) is 0 Å². The highest BCUT2D eigenvalue weighted by Gasteiger charge is 2.47. The SMILES string of the molecule is COc1cc(-c2cc(=O)c3c(O)c(OC)c(OC4OC(COC5OC(C)C(O)C(O)C5O)C(O)C(O)C4O)cc3o2)ccc1O. The number of fused-ring (bicyclic) bond motifs is 1. The molecule has 3 aromatic rings. The molecule has 3 heterocycles. The van der Waals surface area contributed by atoms with E-state index in [-0.39, 0.29) is 39.7 Å². The molecule has 0 bridgehead atoms. The Morgan fingerprint density at radius 3 is 2.16 bits per heavy atom. The van der Waals surface area contributed by atoms with Crippen molar-refractivity contribution in [3.05, 3.63) is 40.6 Å². The highest BCUT2D eigenvalue weighted by Crippen LogP contribution is 2.44. The lowest BCUT2D eigenvalue weighted by molar-refractivity contribution is -0.318. The van der Waals surface area contributed by atoms with Gasteiger partial charge in [-0.2, -0.15) is 0 Å². The minimum atomic E-state index is -1.84. The molecule has 8 N–H and O–H groups in total. The molecule has 2 aromatic carbocycles. The second-order valence-electron chi connectivity index (χ2n) is 10.6. The lowest BCUT2D eigenvalue weighted by Gasteiger charge is -2.42. The third-order valence-electron chi connectivity index (χ3n) is 7.73. The Balaban J connectivity index is 1.43. The first-order valence-electron chi connectivity index (χ1n) is 13.8. The van der Waals surface area contributed by atoms with Crippen LogP contribution in [-0.4, -0.2) is 123 Å². The van der Waals surface area contributed by atoms with Gasteiger partial charge in [0.05, 0.1) is 26.9 Å². The number of rotatable bonds is 8. The third kappa shape index (κ3) is 6.11. The minimum absolute atomic E-state index is 0.0464. The number of aliphatic hydroxyl groups is 6. The first-order chi connectivity index (χ1) is 21.4. The minimum Gasteiger partial charge on any atom is -0.504 e. The Kier molecular flexibility index (Phi) is 9.41. The number of hydrogen-bond donors (Lipinski definition) is 8. The summed E-state index contributed by atoms with van der Waals surface area (Å²) in [6, 6.07) is 6.56.